The third kappa shape index (κ3) is 4.65. The van der Waals surface area contributed by atoms with Crippen molar-refractivity contribution in [3.63, 3.8) is 0 Å². The summed E-state index contributed by atoms with van der Waals surface area (Å²) in [6.45, 7) is 6.45. The molecule has 3 N–H and O–H groups in total. The highest BCUT2D eigenvalue weighted by molar-refractivity contribution is 5.75. The Kier molecular flexibility index (Phi) is 7.97. The van der Waals surface area contributed by atoms with Crippen LogP contribution in [0.15, 0.2) is 0 Å². The number of amides is 2. The number of urea groups is 1. The molecule has 1 saturated carbocycles. The Morgan fingerprint density at radius 1 is 1.15 bits per heavy atom. The Bertz CT molecular complexity index is 273. The van der Waals surface area contributed by atoms with Crippen molar-refractivity contribution in [2.75, 3.05) is 19.6 Å². The van der Waals surface area contributed by atoms with Crippen LogP contribution in [0.1, 0.15) is 71.6 Å². The SMILES string of the molecule is CCCCNC(=O)N(CCC)C1(CN)CCCCCC1. The quantitative estimate of drug-likeness (QED) is 0.556. The summed E-state index contributed by atoms with van der Waals surface area (Å²) >= 11 is 0. The number of unbranched alkanes of at least 4 members (excludes halogenated alkanes) is 1. The van der Waals surface area contributed by atoms with E-state index in [0.717, 1.165) is 45.2 Å². The van der Waals surface area contributed by atoms with Crippen molar-refractivity contribution in [3.05, 3.63) is 0 Å². The number of rotatable bonds is 7. The van der Waals surface area contributed by atoms with Gasteiger partial charge >= 0.3 is 6.03 Å². The van der Waals surface area contributed by atoms with Crippen LogP contribution < -0.4 is 11.1 Å². The topological polar surface area (TPSA) is 58.4 Å². The Morgan fingerprint density at radius 2 is 1.80 bits per heavy atom. The average molecular weight is 283 g/mol. The fourth-order valence-corrected chi connectivity index (χ4v) is 3.22. The monoisotopic (exact) mass is 283 g/mol. The molecule has 0 unspecified atom stereocenters. The number of nitrogens with one attached hydrogen (secondary N) is 1. The first-order valence-electron chi connectivity index (χ1n) is 8.45. The van der Waals surface area contributed by atoms with Crippen molar-refractivity contribution in [2.24, 2.45) is 5.73 Å². The third-order valence-electron chi connectivity index (χ3n) is 4.49. The summed E-state index contributed by atoms with van der Waals surface area (Å²) in [5.74, 6) is 0. The molecule has 118 valence electrons. The first-order chi connectivity index (χ1) is 9.70. The van der Waals surface area contributed by atoms with Crippen LogP contribution in [0.5, 0.6) is 0 Å². The van der Waals surface area contributed by atoms with E-state index in [9.17, 15) is 4.79 Å². The van der Waals surface area contributed by atoms with Gasteiger partial charge in [-0.15, -0.1) is 0 Å². The lowest BCUT2D eigenvalue weighted by Gasteiger charge is -2.43. The molecular weight excluding hydrogens is 250 g/mol. The van der Waals surface area contributed by atoms with Crippen molar-refractivity contribution in [2.45, 2.75) is 77.2 Å². The zero-order valence-electron chi connectivity index (χ0n) is 13.4. The smallest absolute Gasteiger partial charge is 0.317 e. The van der Waals surface area contributed by atoms with Gasteiger partial charge in [0.2, 0.25) is 0 Å². The Balaban J connectivity index is 2.76. The Labute approximate surface area is 124 Å². The summed E-state index contributed by atoms with van der Waals surface area (Å²) in [6.07, 6.45) is 10.2. The second kappa shape index (κ2) is 9.22. The lowest BCUT2D eigenvalue weighted by Crippen LogP contribution is -2.59. The van der Waals surface area contributed by atoms with Gasteiger partial charge in [-0.25, -0.2) is 4.79 Å². The molecule has 0 bridgehead atoms. The number of carbonyl (C=O) groups is 1. The van der Waals surface area contributed by atoms with E-state index in [1.165, 1.54) is 25.7 Å². The maximum absolute atomic E-state index is 12.5. The number of nitrogens with two attached hydrogens (primary N) is 1. The van der Waals surface area contributed by atoms with E-state index in [2.05, 4.69) is 19.2 Å². The molecule has 4 heteroatoms. The number of hydrogen-bond donors (Lipinski definition) is 2. The van der Waals surface area contributed by atoms with Gasteiger partial charge in [-0.3, -0.25) is 0 Å². The lowest BCUT2D eigenvalue weighted by atomic mass is 9.88. The van der Waals surface area contributed by atoms with Crippen LogP contribution in [0.2, 0.25) is 0 Å². The van der Waals surface area contributed by atoms with Crippen LogP contribution in [0.4, 0.5) is 4.79 Å². The van der Waals surface area contributed by atoms with Crippen LogP contribution >= 0.6 is 0 Å². The largest absolute Gasteiger partial charge is 0.338 e. The van der Waals surface area contributed by atoms with Gasteiger partial charge in [-0.2, -0.15) is 0 Å². The summed E-state index contributed by atoms with van der Waals surface area (Å²) in [4.78, 5) is 14.6. The van der Waals surface area contributed by atoms with Gasteiger partial charge in [0.1, 0.15) is 0 Å². The molecule has 2 amide bonds. The van der Waals surface area contributed by atoms with Gasteiger partial charge in [0.05, 0.1) is 5.54 Å². The Hall–Kier alpha value is -0.770. The molecule has 0 heterocycles. The molecule has 4 nitrogen and oxygen atoms in total. The normalized spacial score (nSPS) is 18.4. The van der Waals surface area contributed by atoms with Crippen molar-refractivity contribution in [1.29, 1.82) is 0 Å². The van der Waals surface area contributed by atoms with Crippen LogP contribution in [0.3, 0.4) is 0 Å². The van der Waals surface area contributed by atoms with Crippen molar-refractivity contribution < 1.29 is 4.79 Å². The Morgan fingerprint density at radius 3 is 2.30 bits per heavy atom. The van der Waals surface area contributed by atoms with Crippen LogP contribution in [0, 0.1) is 0 Å². The van der Waals surface area contributed by atoms with Gasteiger partial charge < -0.3 is 16.0 Å². The highest BCUT2D eigenvalue weighted by Crippen LogP contribution is 2.32. The molecule has 0 aromatic rings. The highest BCUT2D eigenvalue weighted by Gasteiger charge is 2.38. The zero-order valence-corrected chi connectivity index (χ0v) is 13.4. The van der Waals surface area contributed by atoms with E-state index in [1.54, 1.807) is 0 Å². The molecule has 1 rings (SSSR count). The lowest BCUT2D eigenvalue weighted by molar-refractivity contribution is 0.102. The van der Waals surface area contributed by atoms with E-state index in [0.29, 0.717) is 6.54 Å². The first-order valence-corrected chi connectivity index (χ1v) is 8.45. The molecular formula is C16H33N3O. The van der Waals surface area contributed by atoms with E-state index in [4.69, 9.17) is 5.73 Å². The van der Waals surface area contributed by atoms with Gasteiger partial charge in [0.15, 0.2) is 0 Å². The maximum atomic E-state index is 12.5. The van der Waals surface area contributed by atoms with Crippen molar-refractivity contribution in [3.8, 4) is 0 Å². The predicted octanol–water partition coefficient (Wildman–Crippen LogP) is 3.26. The van der Waals surface area contributed by atoms with E-state index in [1.807, 2.05) is 4.90 Å². The number of carbonyl (C=O) groups excluding carboxylic acids is 1. The van der Waals surface area contributed by atoms with Gasteiger partial charge in [0.25, 0.3) is 0 Å². The molecule has 0 saturated heterocycles. The molecule has 20 heavy (non-hydrogen) atoms. The zero-order chi connectivity index (χ0) is 14.8. The summed E-state index contributed by atoms with van der Waals surface area (Å²) in [7, 11) is 0. The fraction of sp³-hybridized carbons (Fsp3) is 0.938. The van der Waals surface area contributed by atoms with Crippen LogP contribution in [-0.4, -0.2) is 36.1 Å². The first kappa shape index (κ1) is 17.3. The molecule has 0 spiro atoms. The predicted molar refractivity (Wildman–Crippen MR) is 84.8 cm³/mol. The second-order valence-corrected chi connectivity index (χ2v) is 6.08. The van der Waals surface area contributed by atoms with E-state index in [-0.39, 0.29) is 11.6 Å². The second-order valence-electron chi connectivity index (χ2n) is 6.08. The van der Waals surface area contributed by atoms with Crippen LogP contribution in [-0.2, 0) is 0 Å². The van der Waals surface area contributed by atoms with Crippen LogP contribution in [0.25, 0.3) is 0 Å². The molecule has 0 aromatic carbocycles. The molecule has 0 radical (unpaired) electrons. The fourth-order valence-electron chi connectivity index (χ4n) is 3.22. The van der Waals surface area contributed by atoms with Gasteiger partial charge in [-0.1, -0.05) is 46.0 Å². The van der Waals surface area contributed by atoms with Crippen molar-refractivity contribution >= 4 is 6.03 Å². The molecule has 1 fully saturated rings. The van der Waals surface area contributed by atoms with Gasteiger partial charge in [0, 0.05) is 19.6 Å². The molecule has 1 aliphatic rings. The average Bonchev–Trinajstić information content (AvgIpc) is 2.71. The van der Waals surface area contributed by atoms with Crippen molar-refractivity contribution in [1.82, 2.24) is 10.2 Å². The van der Waals surface area contributed by atoms with E-state index < -0.39 is 0 Å². The summed E-state index contributed by atoms with van der Waals surface area (Å²) in [5, 5.41) is 3.08. The number of hydrogen-bond acceptors (Lipinski definition) is 2. The standard InChI is InChI=1S/C16H33N3O/c1-3-5-12-18-15(20)19(13-4-2)16(14-17)10-8-6-7-9-11-16/h3-14,17H2,1-2H3,(H,18,20). The summed E-state index contributed by atoms with van der Waals surface area (Å²) < 4.78 is 0. The minimum atomic E-state index is -0.108. The number of nitrogens with zero attached hydrogens (tertiary/aromatic N) is 1. The molecule has 0 aliphatic heterocycles. The molecule has 0 atom stereocenters. The molecule has 0 aromatic heterocycles. The maximum Gasteiger partial charge on any atom is 0.317 e. The van der Waals surface area contributed by atoms with Gasteiger partial charge in [-0.05, 0) is 25.7 Å². The summed E-state index contributed by atoms with van der Waals surface area (Å²) in [5.41, 5.74) is 6.00. The minimum Gasteiger partial charge on any atom is -0.338 e. The van der Waals surface area contributed by atoms with E-state index >= 15 is 0 Å². The third-order valence-corrected chi connectivity index (χ3v) is 4.49. The molecule has 1 aliphatic carbocycles. The summed E-state index contributed by atoms with van der Waals surface area (Å²) in [6, 6.07) is 0.0904. The minimum absolute atomic E-state index is 0.0904. The highest BCUT2D eigenvalue weighted by atomic mass is 16.2.